The molecule has 0 spiro atoms. The van der Waals surface area contributed by atoms with Gasteiger partial charge in [-0.1, -0.05) is 18.2 Å². The number of hydrogen-bond donors (Lipinski definition) is 1. The Hall–Kier alpha value is -2.56. The molecule has 132 valence electrons. The first kappa shape index (κ1) is 17.3. The van der Waals surface area contributed by atoms with Gasteiger partial charge >= 0.3 is 0 Å². The van der Waals surface area contributed by atoms with Crippen LogP contribution in [0.3, 0.4) is 0 Å². The summed E-state index contributed by atoms with van der Waals surface area (Å²) in [7, 11) is 0. The van der Waals surface area contributed by atoms with Crippen LogP contribution in [0.1, 0.15) is 37.3 Å². The van der Waals surface area contributed by atoms with Gasteiger partial charge in [-0.25, -0.2) is 0 Å². The van der Waals surface area contributed by atoms with Crippen molar-refractivity contribution >= 4 is 17.1 Å². The lowest BCUT2D eigenvalue weighted by Crippen LogP contribution is -2.37. The molecule has 0 aliphatic carbocycles. The molecule has 2 aromatic carbocycles. The van der Waals surface area contributed by atoms with E-state index in [0.29, 0.717) is 12.6 Å². The fourth-order valence-electron chi connectivity index (χ4n) is 3.48. The summed E-state index contributed by atoms with van der Waals surface area (Å²) in [6.07, 6.45) is 3.38. The highest BCUT2D eigenvalue weighted by atomic mass is 16.6. The molecule has 5 heteroatoms. The monoisotopic (exact) mass is 339 g/mol. The number of anilines is 2. The van der Waals surface area contributed by atoms with Gasteiger partial charge in [0, 0.05) is 30.9 Å². The van der Waals surface area contributed by atoms with Crippen LogP contribution in [0.2, 0.25) is 0 Å². The summed E-state index contributed by atoms with van der Waals surface area (Å²) in [5.41, 5.74) is 4.08. The van der Waals surface area contributed by atoms with Gasteiger partial charge in [0.25, 0.3) is 5.69 Å². The quantitative estimate of drug-likeness (QED) is 0.622. The topological polar surface area (TPSA) is 58.4 Å². The number of nitro groups is 1. The van der Waals surface area contributed by atoms with Gasteiger partial charge in [0.2, 0.25) is 0 Å². The van der Waals surface area contributed by atoms with E-state index in [1.165, 1.54) is 12.0 Å². The van der Waals surface area contributed by atoms with Gasteiger partial charge in [-0.15, -0.1) is 0 Å². The Morgan fingerprint density at radius 1 is 1.24 bits per heavy atom. The lowest BCUT2D eigenvalue weighted by Gasteiger charge is -2.35. The van der Waals surface area contributed by atoms with Crippen LogP contribution in [0.5, 0.6) is 0 Å². The molecular weight excluding hydrogens is 314 g/mol. The summed E-state index contributed by atoms with van der Waals surface area (Å²) in [4.78, 5) is 13.5. The van der Waals surface area contributed by atoms with Crippen molar-refractivity contribution in [3.63, 3.8) is 0 Å². The summed E-state index contributed by atoms with van der Waals surface area (Å²) in [6, 6.07) is 14.1. The Morgan fingerprint density at radius 2 is 2.08 bits per heavy atom. The molecule has 1 aliphatic heterocycles. The van der Waals surface area contributed by atoms with Crippen molar-refractivity contribution in [3.8, 4) is 0 Å². The van der Waals surface area contributed by atoms with E-state index in [9.17, 15) is 10.1 Å². The SMILES string of the molecule is Cc1cccc(NCc2ccc(N3CCCC[C@@H]3C)c([N+](=O)[O-])c2)c1. The average molecular weight is 339 g/mol. The molecule has 2 aromatic rings. The van der Waals surface area contributed by atoms with Crippen LogP contribution in [0.4, 0.5) is 17.1 Å². The molecule has 25 heavy (non-hydrogen) atoms. The van der Waals surface area contributed by atoms with E-state index in [2.05, 4.69) is 23.2 Å². The molecular formula is C20H25N3O2. The predicted molar refractivity (Wildman–Crippen MR) is 102 cm³/mol. The van der Waals surface area contributed by atoms with Gasteiger partial charge in [0.1, 0.15) is 5.69 Å². The van der Waals surface area contributed by atoms with Gasteiger partial charge < -0.3 is 10.2 Å². The molecule has 1 heterocycles. The van der Waals surface area contributed by atoms with Crippen LogP contribution >= 0.6 is 0 Å². The van der Waals surface area contributed by atoms with E-state index in [1.807, 2.05) is 37.3 Å². The van der Waals surface area contributed by atoms with E-state index in [0.717, 1.165) is 36.3 Å². The van der Waals surface area contributed by atoms with Crippen LogP contribution in [0, 0.1) is 17.0 Å². The maximum atomic E-state index is 11.6. The van der Waals surface area contributed by atoms with Crippen molar-refractivity contribution in [3.05, 3.63) is 63.7 Å². The van der Waals surface area contributed by atoms with Gasteiger partial charge in [-0.05, 0) is 62.4 Å². The first-order chi connectivity index (χ1) is 12.0. The van der Waals surface area contributed by atoms with Crippen molar-refractivity contribution in [2.24, 2.45) is 0 Å². The van der Waals surface area contributed by atoms with Crippen LogP contribution in [0.15, 0.2) is 42.5 Å². The Bertz CT molecular complexity index is 760. The van der Waals surface area contributed by atoms with Crippen molar-refractivity contribution in [2.45, 2.75) is 45.7 Å². The summed E-state index contributed by atoms with van der Waals surface area (Å²) < 4.78 is 0. The second kappa shape index (κ2) is 7.55. The maximum absolute atomic E-state index is 11.6. The summed E-state index contributed by atoms with van der Waals surface area (Å²) in [5, 5.41) is 14.9. The van der Waals surface area contributed by atoms with E-state index >= 15 is 0 Å². The van der Waals surface area contributed by atoms with E-state index in [4.69, 9.17) is 0 Å². The lowest BCUT2D eigenvalue weighted by atomic mass is 10.0. The third-order valence-electron chi connectivity index (χ3n) is 4.86. The standard InChI is InChI=1S/C20H25N3O2/c1-15-6-5-8-18(12-15)21-14-17-9-10-19(20(13-17)23(24)25)22-11-4-3-7-16(22)2/h5-6,8-10,12-13,16,21H,3-4,7,11,14H2,1-2H3/t16-/m0/s1. The normalized spacial score (nSPS) is 17.4. The molecule has 0 amide bonds. The highest BCUT2D eigenvalue weighted by Crippen LogP contribution is 2.33. The Balaban J connectivity index is 1.80. The zero-order chi connectivity index (χ0) is 17.8. The fraction of sp³-hybridized carbons (Fsp3) is 0.400. The molecule has 0 unspecified atom stereocenters. The number of nitrogens with zero attached hydrogens (tertiary/aromatic N) is 2. The van der Waals surface area contributed by atoms with Crippen molar-refractivity contribution in [1.82, 2.24) is 0 Å². The van der Waals surface area contributed by atoms with Gasteiger partial charge in [-0.2, -0.15) is 0 Å². The Kier molecular flexibility index (Phi) is 5.22. The maximum Gasteiger partial charge on any atom is 0.292 e. The van der Waals surface area contributed by atoms with Crippen LogP contribution in [0.25, 0.3) is 0 Å². The third-order valence-corrected chi connectivity index (χ3v) is 4.86. The average Bonchev–Trinajstić information content (AvgIpc) is 2.60. The highest BCUT2D eigenvalue weighted by Gasteiger charge is 2.25. The molecule has 3 rings (SSSR count). The largest absolute Gasteiger partial charge is 0.381 e. The van der Waals surface area contributed by atoms with Crippen molar-refractivity contribution < 1.29 is 4.92 Å². The highest BCUT2D eigenvalue weighted by molar-refractivity contribution is 5.65. The molecule has 0 radical (unpaired) electrons. The van der Waals surface area contributed by atoms with Gasteiger partial charge in [0.15, 0.2) is 0 Å². The molecule has 0 bridgehead atoms. The molecule has 1 atom stereocenters. The number of nitro benzene ring substituents is 1. The molecule has 0 saturated carbocycles. The van der Waals surface area contributed by atoms with Crippen LogP contribution in [-0.2, 0) is 6.54 Å². The molecule has 0 aromatic heterocycles. The third kappa shape index (κ3) is 4.10. The fourth-order valence-corrected chi connectivity index (χ4v) is 3.48. The number of benzene rings is 2. The van der Waals surface area contributed by atoms with Crippen molar-refractivity contribution in [2.75, 3.05) is 16.8 Å². The lowest BCUT2D eigenvalue weighted by molar-refractivity contribution is -0.384. The molecule has 1 saturated heterocycles. The number of rotatable bonds is 5. The number of aryl methyl sites for hydroxylation is 1. The van der Waals surface area contributed by atoms with E-state index in [-0.39, 0.29) is 10.6 Å². The second-order valence-electron chi connectivity index (χ2n) is 6.84. The van der Waals surface area contributed by atoms with E-state index < -0.39 is 0 Å². The van der Waals surface area contributed by atoms with Gasteiger partial charge in [-0.3, -0.25) is 10.1 Å². The first-order valence-electron chi connectivity index (χ1n) is 8.89. The summed E-state index contributed by atoms with van der Waals surface area (Å²) in [6.45, 7) is 5.66. The van der Waals surface area contributed by atoms with E-state index in [1.54, 1.807) is 6.07 Å². The molecule has 1 aliphatic rings. The molecule has 1 fully saturated rings. The smallest absolute Gasteiger partial charge is 0.292 e. The van der Waals surface area contributed by atoms with Crippen LogP contribution in [-0.4, -0.2) is 17.5 Å². The minimum atomic E-state index is -0.257. The van der Waals surface area contributed by atoms with Gasteiger partial charge in [0.05, 0.1) is 4.92 Å². The predicted octanol–water partition coefficient (Wildman–Crippen LogP) is 4.89. The van der Waals surface area contributed by atoms with Crippen LogP contribution < -0.4 is 10.2 Å². The Morgan fingerprint density at radius 3 is 2.80 bits per heavy atom. The zero-order valence-electron chi connectivity index (χ0n) is 14.9. The zero-order valence-corrected chi connectivity index (χ0v) is 14.9. The summed E-state index contributed by atoms with van der Waals surface area (Å²) in [5.74, 6) is 0. The van der Waals surface area contributed by atoms with Crippen molar-refractivity contribution in [1.29, 1.82) is 0 Å². The minimum Gasteiger partial charge on any atom is -0.381 e. The number of hydrogen-bond acceptors (Lipinski definition) is 4. The minimum absolute atomic E-state index is 0.206. The number of piperidine rings is 1. The number of nitrogens with one attached hydrogen (secondary N) is 1. The molecule has 1 N–H and O–H groups in total. The second-order valence-corrected chi connectivity index (χ2v) is 6.84. The first-order valence-corrected chi connectivity index (χ1v) is 8.89. The summed E-state index contributed by atoms with van der Waals surface area (Å²) >= 11 is 0. The molecule has 5 nitrogen and oxygen atoms in total. The Labute approximate surface area is 148 Å².